The number of hydrogen-bond donors (Lipinski definition) is 0. The summed E-state index contributed by atoms with van der Waals surface area (Å²) in [6, 6.07) is 8.86. The molecule has 1 heteroatoms. The Bertz CT molecular complexity index is 501. The predicted octanol–water partition coefficient (Wildman–Crippen LogP) is 9.14. The largest absolute Gasteiger partial charge is 0.493 e. The third-order valence-electron chi connectivity index (χ3n) is 6.89. The molecule has 166 valence electrons. The summed E-state index contributed by atoms with van der Waals surface area (Å²) < 4.78 is 6.20. The highest BCUT2D eigenvalue weighted by Gasteiger charge is 2.21. The van der Waals surface area contributed by atoms with Crippen molar-refractivity contribution < 1.29 is 4.74 Å². The van der Waals surface area contributed by atoms with E-state index in [4.69, 9.17) is 4.74 Å². The monoisotopic (exact) mass is 400 g/mol. The Labute approximate surface area is 182 Å². The van der Waals surface area contributed by atoms with Crippen LogP contribution in [0.4, 0.5) is 0 Å². The smallest absolute Gasteiger partial charge is 0.119 e. The van der Waals surface area contributed by atoms with E-state index in [0.717, 1.165) is 24.2 Å². The molecule has 0 aliphatic heterocycles. The summed E-state index contributed by atoms with van der Waals surface area (Å²) >= 11 is 0. The van der Waals surface area contributed by atoms with Gasteiger partial charge in [-0.2, -0.15) is 0 Å². The maximum Gasteiger partial charge on any atom is 0.119 e. The van der Waals surface area contributed by atoms with E-state index in [2.05, 4.69) is 38.1 Å². The molecule has 0 N–H and O–H groups in total. The Morgan fingerprint density at radius 1 is 0.724 bits per heavy atom. The molecular weight excluding hydrogens is 352 g/mol. The van der Waals surface area contributed by atoms with Crippen LogP contribution in [-0.4, -0.2) is 6.61 Å². The Morgan fingerprint density at radius 3 is 2.07 bits per heavy atom. The molecule has 1 aromatic rings. The van der Waals surface area contributed by atoms with E-state index in [-0.39, 0.29) is 0 Å². The molecule has 0 amide bonds. The number of aryl methyl sites for hydroxylation is 1. The minimum absolute atomic E-state index is 0.772. The molecule has 1 fully saturated rings. The second-order valence-corrected chi connectivity index (χ2v) is 9.57. The summed E-state index contributed by atoms with van der Waals surface area (Å²) in [6.07, 6.45) is 23.6. The zero-order valence-corrected chi connectivity index (χ0v) is 19.6. The van der Waals surface area contributed by atoms with Crippen LogP contribution in [0, 0.1) is 11.8 Å². The topological polar surface area (TPSA) is 9.23 Å². The summed E-state index contributed by atoms with van der Waals surface area (Å²) in [4.78, 5) is 0. The molecule has 1 saturated carbocycles. The van der Waals surface area contributed by atoms with Gasteiger partial charge in [-0.15, -0.1) is 0 Å². The SMILES string of the molecule is CCCCCCCCC1CCC(COc2cccc(CCCCCCC)c2)CC1. The molecular formula is C28H48O. The predicted molar refractivity (Wildman–Crippen MR) is 128 cm³/mol. The molecule has 0 radical (unpaired) electrons. The normalized spacial score (nSPS) is 19.4. The van der Waals surface area contributed by atoms with Crippen LogP contribution < -0.4 is 4.74 Å². The first-order valence-electron chi connectivity index (χ1n) is 13.0. The van der Waals surface area contributed by atoms with Crippen molar-refractivity contribution in [2.24, 2.45) is 11.8 Å². The highest BCUT2D eigenvalue weighted by atomic mass is 16.5. The van der Waals surface area contributed by atoms with E-state index in [9.17, 15) is 0 Å². The molecule has 29 heavy (non-hydrogen) atoms. The molecule has 1 aromatic carbocycles. The van der Waals surface area contributed by atoms with Crippen molar-refractivity contribution in [3.8, 4) is 5.75 Å². The summed E-state index contributed by atoms with van der Waals surface area (Å²) in [5, 5.41) is 0. The fourth-order valence-electron chi connectivity index (χ4n) is 4.84. The number of ether oxygens (including phenoxy) is 1. The molecule has 0 spiro atoms. The van der Waals surface area contributed by atoms with Crippen LogP contribution in [0.1, 0.15) is 122 Å². The van der Waals surface area contributed by atoms with E-state index in [1.54, 1.807) is 0 Å². The third kappa shape index (κ3) is 11.1. The molecule has 2 rings (SSSR count). The van der Waals surface area contributed by atoms with Crippen molar-refractivity contribution in [2.45, 2.75) is 123 Å². The molecule has 0 saturated heterocycles. The van der Waals surface area contributed by atoms with Crippen LogP contribution in [0.15, 0.2) is 24.3 Å². The van der Waals surface area contributed by atoms with Gasteiger partial charge in [0.05, 0.1) is 6.61 Å². The minimum Gasteiger partial charge on any atom is -0.493 e. The summed E-state index contributed by atoms with van der Waals surface area (Å²) in [6.45, 7) is 5.50. The van der Waals surface area contributed by atoms with E-state index < -0.39 is 0 Å². The Kier molecular flexibility index (Phi) is 13.2. The van der Waals surface area contributed by atoms with E-state index in [1.165, 1.54) is 115 Å². The zero-order valence-electron chi connectivity index (χ0n) is 19.6. The van der Waals surface area contributed by atoms with Gasteiger partial charge in [0.2, 0.25) is 0 Å². The maximum absolute atomic E-state index is 6.20. The Hall–Kier alpha value is -0.980. The first kappa shape index (κ1) is 24.3. The highest BCUT2D eigenvalue weighted by molar-refractivity contribution is 5.28. The number of unbranched alkanes of at least 4 members (excludes halogenated alkanes) is 9. The molecule has 0 unspecified atom stereocenters. The summed E-state index contributed by atoms with van der Waals surface area (Å²) in [5.41, 5.74) is 1.45. The second kappa shape index (κ2) is 15.8. The Balaban J connectivity index is 1.56. The van der Waals surface area contributed by atoms with Crippen LogP contribution in [0.25, 0.3) is 0 Å². The van der Waals surface area contributed by atoms with Crippen molar-refractivity contribution in [1.29, 1.82) is 0 Å². The van der Waals surface area contributed by atoms with Crippen molar-refractivity contribution >= 4 is 0 Å². The van der Waals surface area contributed by atoms with Gasteiger partial charge in [0, 0.05) is 0 Å². The van der Waals surface area contributed by atoms with Crippen LogP contribution in [-0.2, 0) is 6.42 Å². The lowest BCUT2D eigenvalue weighted by Gasteiger charge is -2.28. The van der Waals surface area contributed by atoms with Crippen LogP contribution in [0.3, 0.4) is 0 Å². The molecule has 0 bridgehead atoms. The highest BCUT2D eigenvalue weighted by Crippen LogP contribution is 2.32. The van der Waals surface area contributed by atoms with E-state index in [0.29, 0.717) is 0 Å². The van der Waals surface area contributed by atoms with E-state index in [1.807, 2.05) is 0 Å². The summed E-state index contributed by atoms with van der Waals surface area (Å²) in [7, 11) is 0. The van der Waals surface area contributed by atoms with Crippen molar-refractivity contribution in [3.05, 3.63) is 29.8 Å². The quantitative estimate of drug-likeness (QED) is 0.251. The molecule has 1 aliphatic carbocycles. The van der Waals surface area contributed by atoms with Gasteiger partial charge in [-0.05, 0) is 55.2 Å². The fraction of sp³-hybridized carbons (Fsp3) is 0.786. The fourth-order valence-corrected chi connectivity index (χ4v) is 4.84. The number of benzene rings is 1. The lowest BCUT2D eigenvalue weighted by molar-refractivity contribution is 0.177. The van der Waals surface area contributed by atoms with Crippen LogP contribution in [0.2, 0.25) is 0 Å². The average molecular weight is 401 g/mol. The standard InChI is InChI=1S/C28H48O/c1-3-5-7-9-11-12-15-25-19-21-27(22-20-25)24-29-28-18-14-17-26(23-28)16-13-10-8-6-4-2/h14,17-18,23,25,27H,3-13,15-16,19-22,24H2,1-2H3. The molecule has 1 nitrogen and oxygen atoms in total. The first-order chi connectivity index (χ1) is 14.3. The minimum atomic E-state index is 0.772. The van der Waals surface area contributed by atoms with Crippen molar-refractivity contribution in [3.63, 3.8) is 0 Å². The van der Waals surface area contributed by atoms with E-state index >= 15 is 0 Å². The number of hydrogen-bond acceptors (Lipinski definition) is 1. The zero-order chi connectivity index (χ0) is 20.6. The summed E-state index contributed by atoms with van der Waals surface area (Å²) in [5.74, 6) is 2.85. The third-order valence-corrected chi connectivity index (χ3v) is 6.89. The number of rotatable bonds is 16. The van der Waals surface area contributed by atoms with Gasteiger partial charge in [-0.1, -0.05) is 109 Å². The van der Waals surface area contributed by atoms with Crippen molar-refractivity contribution in [2.75, 3.05) is 6.61 Å². The maximum atomic E-state index is 6.20. The van der Waals surface area contributed by atoms with Gasteiger partial charge in [0.1, 0.15) is 5.75 Å². The Morgan fingerprint density at radius 2 is 1.34 bits per heavy atom. The lowest BCUT2D eigenvalue weighted by atomic mass is 9.80. The first-order valence-corrected chi connectivity index (χ1v) is 13.0. The van der Waals surface area contributed by atoms with Gasteiger partial charge in [-0.3, -0.25) is 0 Å². The average Bonchev–Trinajstić information content (AvgIpc) is 2.76. The van der Waals surface area contributed by atoms with Crippen LogP contribution >= 0.6 is 0 Å². The lowest BCUT2D eigenvalue weighted by Crippen LogP contribution is -2.20. The van der Waals surface area contributed by atoms with Gasteiger partial charge in [0.15, 0.2) is 0 Å². The van der Waals surface area contributed by atoms with Gasteiger partial charge >= 0.3 is 0 Å². The van der Waals surface area contributed by atoms with Gasteiger partial charge < -0.3 is 4.74 Å². The van der Waals surface area contributed by atoms with Gasteiger partial charge in [0.25, 0.3) is 0 Å². The molecule has 0 aromatic heterocycles. The van der Waals surface area contributed by atoms with Gasteiger partial charge in [-0.25, -0.2) is 0 Å². The second-order valence-electron chi connectivity index (χ2n) is 9.57. The molecule has 0 heterocycles. The molecule has 1 aliphatic rings. The van der Waals surface area contributed by atoms with Crippen molar-refractivity contribution in [1.82, 2.24) is 0 Å². The molecule has 0 atom stereocenters. The van der Waals surface area contributed by atoms with Crippen LogP contribution in [0.5, 0.6) is 5.75 Å².